The van der Waals surface area contributed by atoms with Crippen molar-refractivity contribution >= 4 is 28.2 Å². The minimum absolute atomic E-state index is 0.234. The largest absolute Gasteiger partial charge is 0.497 e. The summed E-state index contributed by atoms with van der Waals surface area (Å²) in [4.78, 5) is 21.9. The summed E-state index contributed by atoms with van der Waals surface area (Å²) in [6.07, 6.45) is 8.79. The molecule has 1 N–H and O–H groups in total. The third-order valence-electron chi connectivity index (χ3n) is 6.80. The van der Waals surface area contributed by atoms with E-state index in [9.17, 15) is 4.79 Å². The second-order valence-electron chi connectivity index (χ2n) is 10.1. The molecule has 200 valence electrons. The lowest BCUT2D eigenvalue weighted by molar-refractivity contribution is -0.132. The maximum Gasteiger partial charge on any atom is 0.222 e. The zero-order chi connectivity index (χ0) is 26.6. The van der Waals surface area contributed by atoms with Crippen molar-refractivity contribution in [2.45, 2.75) is 71.4 Å². The Hall–Kier alpha value is -3.28. The van der Waals surface area contributed by atoms with E-state index in [-0.39, 0.29) is 11.9 Å². The summed E-state index contributed by atoms with van der Waals surface area (Å²) in [6.45, 7) is 5.80. The van der Waals surface area contributed by atoms with Gasteiger partial charge in [-0.1, -0.05) is 44.4 Å². The number of nitrogens with zero attached hydrogens (tertiary/aromatic N) is 3. The molecule has 1 heterocycles. The van der Waals surface area contributed by atoms with Crippen molar-refractivity contribution in [1.29, 1.82) is 0 Å². The number of anilines is 2. The van der Waals surface area contributed by atoms with E-state index in [4.69, 9.17) is 4.74 Å². The number of benzene rings is 2. The van der Waals surface area contributed by atoms with E-state index in [0.29, 0.717) is 13.0 Å². The van der Waals surface area contributed by atoms with Gasteiger partial charge in [0.1, 0.15) is 5.75 Å². The summed E-state index contributed by atoms with van der Waals surface area (Å²) in [5.41, 5.74) is 4.26. The van der Waals surface area contributed by atoms with Gasteiger partial charge in [0.2, 0.25) is 5.91 Å². The highest BCUT2D eigenvalue weighted by molar-refractivity contribution is 5.91. The van der Waals surface area contributed by atoms with Crippen LogP contribution in [-0.4, -0.2) is 49.6 Å². The van der Waals surface area contributed by atoms with Gasteiger partial charge in [0.05, 0.1) is 18.3 Å². The smallest absolute Gasteiger partial charge is 0.222 e. The quantitative estimate of drug-likeness (QED) is 0.228. The van der Waals surface area contributed by atoms with E-state index < -0.39 is 0 Å². The van der Waals surface area contributed by atoms with Crippen molar-refractivity contribution in [3.8, 4) is 5.75 Å². The van der Waals surface area contributed by atoms with Crippen LogP contribution in [0, 0.1) is 0 Å². The Morgan fingerprint density at radius 2 is 1.84 bits per heavy atom. The Morgan fingerprint density at radius 3 is 2.54 bits per heavy atom. The second kappa shape index (κ2) is 14.5. The number of rotatable bonds is 15. The average molecular weight is 505 g/mol. The van der Waals surface area contributed by atoms with Crippen LogP contribution in [-0.2, 0) is 11.3 Å². The molecular weight excluding hydrogens is 460 g/mol. The molecule has 1 aromatic heterocycles. The molecule has 0 radical (unpaired) electrons. The first-order chi connectivity index (χ1) is 17.9. The van der Waals surface area contributed by atoms with Crippen molar-refractivity contribution < 1.29 is 9.53 Å². The molecule has 0 saturated heterocycles. The Balaban J connectivity index is 1.61. The van der Waals surface area contributed by atoms with Gasteiger partial charge in [-0.2, -0.15) is 0 Å². The molecule has 0 aliphatic carbocycles. The van der Waals surface area contributed by atoms with Gasteiger partial charge in [-0.15, -0.1) is 0 Å². The standard InChI is InChI=1S/C31H44N4O2/c1-6-7-8-9-14-30(36)35(23-25-15-17-27(18-16-25)34(3)4)20-11-12-24(2)33-29-22-28(37-5)21-26-13-10-19-32-31(26)29/h10,13,15-19,21-22,24,33H,6-9,11-12,14,20,23H2,1-5H3. The molecule has 0 aliphatic rings. The van der Waals surface area contributed by atoms with Crippen molar-refractivity contribution in [3.05, 3.63) is 60.3 Å². The molecule has 37 heavy (non-hydrogen) atoms. The molecule has 3 aromatic rings. The minimum Gasteiger partial charge on any atom is -0.497 e. The van der Waals surface area contributed by atoms with Crippen LogP contribution in [0.2, 0.25) is 0 Å². The number of fused-ring (bicyclic) bond motifs is 1. The van der Waals surface area contributed by atoms with Crippen molar-refractivity contribution in [2.75, 3.05) is 38.0 Å². The average Bonchev–Trinajstić information content (AvgIpc) is 2.90. The van der Waals surface area contributed by atoms with E-state index in [2.05, 4.69) is 59.4 Å². The topological polar surface area (TPSA) is 57.7 Å². The lowest BCUT2D eigenvalue weighted by Crippen LogP contribution is -2.32. The molecule has 0 fully saturated rings. The van der Waals surface area contributed by atoms with Gasteiger partial charge in [0, 0.05) is 63.0 Å². The van der Waals surface area contributed by atoms with Crippen molar-refractivity contribution in [3.63, 3.8) is 0 Å². The fourth-order valence-electron chi connectivity index (χ4n) is 4.59. The molecule has 0 bridgehead atoms. The number of hydrogen-bond acceptors (Lipinski definition) is 5. The molecule has 6 nitrogen and oxygen atoms in total. The van der Waals surface area contributed by atoms with E-state index in [0.717, 1.165) is 54.6 Å². The maximum absolute atomic E-state index is 13.1. The summed E-state index contributed by atoms with van der Waals surface area (Å²) in [5, 5.41) is 4.68. The van der Waals surface area contributed by atoms with E-state index in [1.54, 1.807) is 7.11 Å². The number of amides is 1. The molecule has 0 aliphatic heterocycles. The lowest BCUT2D eigenvalue weighted by Gasteiger charge is -2.25. The minimum atomic E-state index is 0.234. The number of carbonyl (C=O) groups excluding carboxylic acids is 1. The van der Waals surface area contributed by atoms with Gasteiger partial charge >= 0.3 is 0 Å². The molecule has 1 atom stereocenters. The van der Waals surface area contributed by atoms with E-state index in [1.807, 2.05) is 43.4 Å². The summed E-state index contributed by atoms with van der Waals surface area (Å²) in [7, 11) is 5.77. The van der Waals surface area contributed by atoms with Crippen molar-refractivity contribution in [1.82, 2.24) is 9.88 Å². The van der Waals surface area contributed by atoms with Crippen LogP contribution >= 0.6 is 0 Å². The van der Waals surface area contributed by atoms with Crippen LogP contribution < -0.4 is 15.0 Å². The first-order valence-electron chi connectivity index (χ1n) is 13.6. The number of methoxy groups -OCH3 is 1. The first-order valence-corrected chi connectivity index (χ1v) is 13.6. The lowest BCUT2D eigenvalue weighted by atomic mass is 10.1. The third kappa shape index (κ3) is 8.66. The molecule has 1 unspecified atom stereocenters. The van der Waals surface area contributed by atoms with Gasteiger partial charge in [-0.25, -0.2) is 0 Å². The van der Waals surface area contributed by atoms with Gasteiger partial charge < -0.3 is 19.9 Å². The second-order valence-corrected chi connectivity index (χ2v) is 10.1. The molecule has 2 aromatic carbocycles. The fraction of sp³-hybridized carbons (Fsp3) is 0.484. The summed E-state index contributed by atoms with van der Waals surface area (Å²) >= 11 is 0. The molecule has 0 spiro atoms. The summed E-state index contributed by atoms with van der Waals surface area (Å²) in [5.74, 6) is 1.08. The highest BCUT2D eigenvalue weighted by Gasteiger charge is 2.15. The number of ether oxygens (including phenoxy) is 1. The number of aromatic nitrogens is 1. The first kappa shape index (κ1) is 28.3. The van der Waals surface area contributed by atoms with E-state index in [1.165, 1.54) is 24.1 Å². The number of carbonyl (C=O) groups is 1. The third-order valence-corrected chi connectivity index (χ3v) is 6.80. The van der Waals surface area contributed by atoms with Gasteiger partial charge in [0.15, 0.2) is 0 Å². The number of unbranched alkanes of at least 4 members (excludes halogenated alkanes) is 3. The van der Waals surface area contributed by atoms with Crippen LogP contribution in [0.15, 0.2) is 54.7 Å². The van der Waals surface area contributed by atoms with Crippen LogP contribution in [0.25, 0.3) is 10.9 Å². The summed E-state index contributed by atoms with van der Waals surface area (Å²) < 4.78 is 5.49. The number of pyridine rings is 1. The molecule has 6 heteroatoms. The maximum atomic E-state index is 13.1. The van der Waals surface area contributed by atoms with Gasteiger partial charge in [-0.05, 0) is 56.0 Å². The molecular formula is C31H44N4O2. The highest BCUT2D eigenvalue weighted by atomic mass is 16.5. The fourth-order valence-corrected chi connectivity index (χ4v) is 4.59. The predicted molar refractivity (Wildman–Crippen MR) is 156 cm³/mol. The number of nitrogens with one attached hydrogen (secondary N) is 1. The predicted octanol–water partition coefficient (Wildman–Crippen LogP) is 6.89. The zero-order valence-corrected chi connectivity index (χ0v) is 23.3. The Labute approximate surface area is 223 Å². The molecule has 1 amide bonds. The Kier molecular flexibility index (Phi) is 11.1. The van der Waals surface area contributed by atoms with Crippen LogP contribution in [0.1, 0.15) is 64.4 Å². The van der Waals surface area contributed by atoms with Crippen LogP contribution in [0.4, 0.5) is 11.4 Å². The summed E-state index contributed by atoms with van der Waals surface area (Å²) in [6, 6.07) is 16.8. The van der Waals surface area contributed by atoms with Crippen molar-refractivity contribution in [2.24, 2.45) is 0 Å². The van der Waals surface area contributed by atoms with Gasteiger partial charge in [-0.3, -0.25) is 9.78 Å². The highest BCUT2D eigenvalue weighted by Crippen LogP contribution is 2.28. The zero-order valence-electron chi connectivity index (χ0n) is 23.3. The van der Waals surface area contributed by atoms with Crippen LogP contribution in [0.5, 0.6) is 5.75 Å². The Bertz CT molecular complexity index is 1110. The molecule has 0 saturated carbocycles. The normalized spacial score (nSPS) is 11.8. The molecule has 3 rings (SSSR count). The Morgan fingerprint density at radius 1 is 1.05 bits per heavy atom. The van der Waals surface area contributed by atoms with E-state index >= 15 is 0 Å². The monoisotopic (exact) mass is 504 g/mol. The van der Waals surface area contributed by atoms with Gasteiger partial charge in [0.25, 0.3) is 0 Å². The number of hydrogen-bond donors (Lipinski definition) is 1. The van der Waals surface area contributed by atoms with Crippen LogP contribution in [0.3, 0.4) is 0 Å². The SMILES string of the molecule is CCCCCCC(=O)N(CCCC(C)Nc1cc(OC)cc2cccnc12)Cc1ccc(N(C)C)cc1.